The summed E-state index contributed by atoms with van der Waals surface area (Å²) in [7, 11) is 1.75. The molecule has 26 heavy (non-hydrogen) atoms. The number of aliphatic carboxylic acids is 1. The van der Waals surface area contributed by atoms with Gasteiger partial charge >= 0.3 is 5.97 Å². The van der Waals surface area contributed by atoms with Crippen LogP contribution in [0.3, 0.4) is 0 Å². The number of aliphatic hydroxyl groups is 1. The van der Waals surface area contributed by atoms with Crippen LogP contribution < -0.4 is 5.32 Å². The van der Waals surface area contributed by atoms with E-state index in [4.69, 9.17) is 0 Å². The SMILES string of the molecule is CN1CCCC/C=C\[C@@H]2CC2(C(=O)O)NC(=O)[C@@H]2C[C@@H](O)CC[C@H]2C1=O. The zero-order valence-corrected chi connectivity index (χ0v) is 15.2. The Morgan fingerprint density at radius 3 is 2.77 bits per heavy atom. The van der Waals surface area contributed by atoms with Crippen LogP contribution in [0.1, 0.15) is 44.9 Å². The third-order valence-electron chi connectivity index (χ3n) is 6.08. The molecular weight excluding hydrogens is 336 g/mol. The highest BCUT2D eigenvalue weighted by molar-refractivity contribution is 5.94. The molecule has 2 aliphatic carbocycles. The molecule has 2 saturated carbocycles. The summed E-state index contributed by atoms with van der Waals surface area (Å²) in [5.41, 5.74) is -1.26. The number of carbonyl (C=O) groups excluding carboxylic acids is 2. The summed E-state index contributed by atoms with van der Waals surface area (Å²) in [4.78, 5) is 39.2. The van der Waals surface area contributed by atoms with Crippen LogP contribution in [0.4, 0.5) is 0 Å². The molecule has 3 aliphatic rings. The van der Waals surface area contributed by atoms with Crippen molar-refractivity contribution in [3.63, 3.8) is 0 Å². The third kappa shape index (κ3) is 3.63. The van der Waals surface area contributed by atoms with Crippen molar-refractivity contribution in [2.45, 2.75) is 56.6 Å². The number of nitrogens with zero attached hydrogens (tertiary/aromatic N) is 1. The van der Waals surface area contributed by atoms with E-state index >= 15 is 0 Å². The van der Waals surface area contributed by atoms with Gasteiger partial charge in [-0.2, -0.15) is 0 Å². The third-order valence-corrected chi connectivity index (χ3v) is 6.08. The second kappa shape index (κ2) is 7.39. The normalized spacial score (nSPS) is 39.8. The van der Waals surface area contributed by atoms with Gasteiger partial charge in [0.05, 0.1) is 12.0 Å². The van der Waals surface area contributed by atoms with Gasteiger partial charge in [-0.15, -0.1) is 0 Å². The van der Waals surface area contributed by atoms with Crippen LogP contribution in [0.25, 0.3) is 0 Å². The Hall–Kier alpha value is -1.89. The number of allylic oxidation sites excluding steroid dienone is 1. The van der Waals surface area contributed by atoms with Gasteiger partial charge in [0.25, 0.3) is 0 Å². The largest absolute Gasteiger partial charge is 0.479 e. The first-order valence-electron chi connectivity index (χ1n) is 9.50. The lowest BCUT2D eigenvalue weighted by Gasteiger charge is -2.35. The molecule has 3 rings (SSSR count). The van der Waals surface area contributed by atoms with E-state index in [0.717, 1.165) is 19.3 Å². The van der Waals surface area contributed by atoms with Crippen LogP contribution in [-0.2, 0) is 14.4 Å². The number of carboxylic acids is 1. The minimum atomic E-state index is -1.26. The molecule has 2 fully saturated rings. The maximum absolute atomic E-state index is 12.9. The Morgan fingerprint density at radius 1 is 1.27 bits per heavy atom. The summed E-state index contributed by atoms with van der Waals surface area (Å²) in [6.07, 6.45) is 7.38. The standard InChI is InChI=1S/C19H28N2O5/c1-21-9-5-3-2-4-6-12-11-19(12,18(25)26)20-16(23)15-10-13(22)7-8-14(15)17(21)24/h4,6,12-15,22H,2-3,5,7-11H2,1H3,(H,20,23)(H,25,26)/b6-4-/t12-,13+,14-,15-,19?/m1/s1. The van der Waals surface area contributed by atoms with E-state index in [1.54, 1.807) is 11.9 Å². The minimum Gasteiger partial charge on any atom is -0.479 e. The van der Waals surface area contributed by atoms with Crippen molar-refractivity contribution in [1.29, 1.82) is 0 Å². The predicted octanol–water partition coefficient (Wildman–Crippen LogP) is 0.922. The molecule has 0 aromatic rings. The summed E-state index contributed by atoms with van der Waals surface area (Å²) in [6.45, 7) is 0.641. The van der Waals surface area contributed by atoms with Gasteiger partial charge in [-0.25, -0.2) is 4.79 Å². The molecule has 1 heterocycles. The Balaban J connectivity index is 1.86. The van der Waals surface area contributed by atoms with Crippen molar-refractivity contribution < 1.29 is 24.6 Å². The smallest absolute Gasteiger partial charge is 0.330 e. The number of nitrogens with one attached hydrogen (secondary N) is 1. The highest BCUT2D eigenvalue weighted by Crippen LogP contribution is 2.46. The van der Waals surface area contributed by atoms with Crippen LogP contribution in [0, 0.1) is 17.8 Å². The molecule has 7 nitrogen and oxygen atoms in total. The number of carboxylic acid groups (broad SMARTS) is 1. The lowest BCUT2D eigenvalue weighted by molar-refractivity contribution is -0.148. The maximum atomic E-state index is 12.9. The summed E-state index contributed by atoms with van der Waals surface area (Å²) in [6, 6.07) is 0. The van der Waals surface area contributed by atoms with Gasteiger partial charge in [0.1, 0.15) is 5.54 Å². The van der Waals surface area contributed by atoms with Crippen molar-refractivity contribution in [3.05, 3.63) is 12.2 Å². The van der Waals surface area contributed by atoms with Gasteiger partial charge in [0.15, 0.2) is 0 Å². The molecule has 0 radical (unpaired) electrons. The second-order valence-electron chi connectivity index (χ2n) is 7.94. The quantitative estimate of drug-likeness (QED) is 0.600. The summed E-state index contributed by atoms with van der Waals surface area (Å²) in [5, 5.41) is 22.3. The molecule has 1 unspecified atom stereocenters. The van der Waals surface area contributed by atoms with Gasteiger partial charge in [-0.3, -0.25) is 9.59 Å². The van der Waals surface area contributed by atoms with Crippen molar-refractivity contribution in [3.8, 4) is 0 Å². The number of hydrogen-bond donors (Lipinski definition) is 3. The average Bonchev–Trinajstić information content (AvgIpc) is 3.30. The molecule has 0 saturated heterocycles. The Bertz CT molecular complexity index is 619. The van der Waals surface area contributed by atoms with Crippen LogP contribution in [0.15, 0.2) is 12.2 Å². The number of hydrogen-bond acceptors (Lipinski definition) is 4. The summed E-state index contributed by atoms with van der Waals surface area (Å²) >= 11 is 0. The first kappa shape index (κ1) is 18.9. The highest BCUT2D eigenvalue weighted by Gasteiger charge is 2.61. The first-order chi connectivity index (χ1) is 12.3. The van der Waals surface area contributed by atoms with E-state index in [2.05, 4.69) is 5.32 Å². The van der Waals surface area contributed by atoms with E-state index < -0.39 is 35.4 Å². The first-order valence-corrected chi connectivity index (χ1v) is 9.50. The fraction of sp³-hybridized carbons (Fsp3) is 0.737. The number of fused-ring (bicyclic) bond motifs is 2. The van der Waals surface area contributed by atoms with Crippen LogP contribution in [0.2, 0.25) is 0 Å². The molecular formula is C19H28N2O5. The predicted molar refractivity (Wildman–Crippen MR) is 94.1 cm³/mol. The number of carbonyl (C=O) groups is 3. The van der Waals surface area contributed by atoms with Crippen molar-refractivity contribution in [1.82, 2.24) is 10.2 Å². The fourth-order valence-corrected chi connectivity index (χ4v) is 4.27. The summed E-state index contributed by atoms with van der Waals surface area (Å²) < 4.78 is 0. The van der Waals surface area contributed by atoms with E-state index in [-0.39, 0.29) is 18.2 Å². The molecule has 0 aromatic heterocycles. The number of amides is 2. The molecule has 0 spiro atoms. The lowest BCUT2D eigenvalue weighted by atomic mass is 9.76. The number of aliphatic hydroxyl groups excluding tert-OH is 1. The topological polar surface area (TPSA) is 107 Å². The second-order valence-corrected chi connectivity index (χ2v) is 7.94. The maximum Gasteiger partial charge on any atom is 0.330 e. The molecule has 0 aromatic carbocycles. The van der Waals surface area contributed by atoms with Gasteiger partial charge in [0, 0.05) is 25.4 Å². The van der Waals surface area contributed by atoms with E-state index in [1.165, 1.54) is 0 Å². The molecule has 3 N–H and O–H groups in total. The van der Waals surface area contributed by atoms with Gasteiger partial charge in [-0.05, 0) is 44.9 Å². The molecule has 2 amide bonds. The van der Waals surface area contributed by atoms with Crippen molar-refractivity contribution in [2.75, 3.05) is 13.6 Å². The Labute approximate surface area is 153 Å². The molecule has 144 valence electrons. The minimum absolute atomic E-state index is 0.0821. The Kier molecular flexibility index (Phi) is 5.37. The zero-order chi connectivity index (χ0) is 18.9. The molecule has 5 atom stereocenters. The fourth-order valence-electron chi connectivity index (χ4n) is 4.27. The average molecular weight is 364 g/mol. The Morgan fingerprint density at radius 2 is 2.04 bits per heavy atom. The zero-order valence-electron chi connectivity index (χ0n) is 15.2. The monoisotopic (exact) mass is 364 g/mol. The van der Waals surface area contributed by atoms with Crippen LogP contribution in [-0.4, -0.2) is 58.1 Å². The summed E-state index contributed by atoms with van der Waals surface area (Å²) in [5.74, 6) is -2.93. The lowest BCUT2D eigenvalue weighted by Crippen LogP contribution is -2.52. The van der Waals surface area contributed by atoms with Gasteiger partial charge in [0.2, 0.25) is 11.8 Å². The highest BCUT2D eigenvalue weighted by atomic mass is 16.4. The van der Waals surface area contributed by atoms with E-state index in [0.29, 0.717) is 25.8 Å². The van der Waals surface area contributed by atoms with Gasteiger partial charge < -0.3 is 20.4 Å². The molecule has 0 bridgehead atoms. The molecule has 1 aliphatic heterocycles. The van der Waals surface area contributed by atoms with Crippen LogP contribution in [0.5, 0.6) is 0 Å². The van der Waals surface area contributed by atoms with Crippen molar-refractivity contribution >= 4 is 17.8 Å². The van der Waals surface area contributed by atoms with Crippen LogP contribution >= 0.6 is 0 Å². The molecule has 7 heteroatoms. The number of rotatable bonds is 1. The van der Waals surface area contributed by atoms with Crippen molar-refractivity contribution in [2.24, 2.45) is 17.8 Å². The van der Waals surface area contributed by atoms with E-state index in [9.17, 15) is 24.6 Å². The van der Waals surface area contributed by atoms with E-state index in [1.807, 2.05) is 12.2 Å². The van der Waals surface area contributed by atoms with Gasteiger partial charge in [-0.1, -0.05) is 12.2 Å².